The Morgan fingerprint density at radius 3 is 2.88 bits per heavy atom. The van der Waals surface area contributed by atoms with Crippen molar-refractivity contribution in [1.82, 2.24) is 15.2 Å². The summed E-state index contributed by atoms with van der Waals surface area (Å²) in [5.41, 5.74) is 1.03. The largest absolute Gasteiger partial charge is 0.357 e. The van der Waals surface area contributed by atoms with Gasteiger partial charge in [-0.2, -0.15) is 0 Å². The summed E-state index contributed by atoms with van der Waals surface area (Å²) in [7, 11) is 0. The van der Waals surface area contributed by atoms with Gasteiger partial charge in [0.05, 0.1) is 0 Å². The van der Waals surface area contributed by atoms with Gasteiger partial charge in [0.15, 0.2) is 5.01 Å². The highest BCUT2D eigenvalue weighted by Gasteiger charge is 2.16. The Hall–Kier alpha value is -1.49. The Labute approximate surface area is 104 Å². The van der Waals surface area contributed by atoms with Gasteiger partial charge in [0.2, 0.25) is 5.13 Å². The average Bonchev–Trinajstić information content (AvgIpc) is 3.02. The van der Waals surface area contributed by atoms with E-state index in [1.807, 2.05) is 18.3 Å². The van der Waals surface area contributed by atoms with Gasteiger partial charge in [-0.15, -0.1) is 10.2 Å². The molecule has 0 bridgehead atoms. The van der Waals surface area contributed by atoms with Gasteiger partial charge in [0.1, 0.15) is 0 Å². The first kappa shape index (κ1) is 10.7. The predicted octanol–water partition coefficient (Wildman–Crippen LogP) is 2.95. The van der Waals surface area contributed by atoms with Crippen molar-refractivity contribution in [3.8, 4) is 10.6 Å². The van der Waals surface area contributed by atoms with Crippen molar-refractivity contribution >= 4 is 16.5 Å². The third-order valence-electron chi connectivity index (χ3n) is 3.02. The third-order valence-corrected chi connectivity index (χ3v) is 3.92. The Morgan fingerprint density at radius 2 is 2.12 bits per heavy atom. The molecule has 0 spiro atoms. The number of hydrogen-bond acceptors (Lipinski definition) is 5. The van der Waals surface area contributed by atoms with Crippen molar-refractivity contribution in [2.75, 3.05) is 5.32 Å². The molecule has 88 valence electrons. The number of nitrogens with zero attached hydrogens (tertiary/aromatic N) is 3. The summed E-state index contributed by atoms with van der Waals surface area (Å²) in [6.45, 7) is 0. The maximum absolute atomic E-state index is 4.19. The van der Waals surface area contributed by atoms with Gasteiger partial charge in [0.25, 0.3) is 0 Å². The fourth-order valence-electron chi connectivity index (χ4n) is 2.13. The lowest BCUT2D eigenvalue weighted by molar-refractivity contribution is 0.751. The zero-order valence-electron chi connectivity index (χ0n) is 9.47. The molecule has 2 heterocycles. The molecule has 1 aliphatic carbocycles. The fraction of sp³-hybridized carbons (Fsp3) is 0.417. The zero-order valence-corrected chi connectivity index (χ0v) is 10.3. The van der Waals surface area contributed by atoms with Crippen molar-refractivity contribution in [2.24, 2.45) is 0 Å². The summed E-state index contributed by atoms with van der Waals surface area (Å²) in [4.78, 5) is 4.09. The minimum absolute atomic E-state index is 0.588. The van der Waals surface area contributed by atoms with E-state index in [9.17, 15) is 0 Å². The molecule has 1 N–H and O–H groups in total. The van der Waals surface area contributed by atoms with Crippen LogP contribution in [0.3, 0.4) is 0 Å². The van der Waals surface area contributed by atoms with Crippen molar-refractivity contribution in [3.05, 3.63) is 24.5 Å². The first-order chi connectivity index (χ1) is 8.42. The number of rotatable bonds is 3. The highest BCUT2D eigenvalue weighted by molar-refractivity contribution is 7.18. The molecule has 2 aromatic heterocycles. The molecule has 0 aliphatic heterocycles. The van der Waals surface area contributed by atoms with E-state index in [2.05, 4.69) is 20.5 Å². The monoisotopic (exact) mass is 246 g/mol. The van der Waals surface area contributed by atoms with Gasteiger partial charge in [-0.05, 0) is 25.0 Å². The Kier molecular flexibility index (Phi) is 3.00. The van der Waals surface area contributed by atoms with E-state index in [-0.39, 0.29) is 0 Å². The summed E-state index contributed by atoms with van der Waals surface area (Å²) in [6, 6.07) is 4.51. The molecule has 5 heteroatoms. The van der Waals surface area contributed by atoms with Gasteiger partial charge >= 0.3 is 0 Å². The maximum Gasteiger partial charge on any atom is 0.206 e. The molecule has 1 fully saturated rings. The Bertz CT molecular complexity index is 476. The molecule has 1 saturated carbocycles. The number of aromatic nitrogens is 3. The van der Waals surface area contributed by atoms with E-state index in [1.165, 1.54) is 25.7 Å². The van der Waals surface area contributed by atoms with Gasteiger partial charge < -0.3 is 5.32 Å². The van der Waals surface area contributed by atoms with Crippen LogP contribution >= 0.6 is 11.3 Å². The Balaban J connectivity index is 1.74. The second-order valence-corrected chi connectivity index (χ2v) is 5.26. The number of nitrogens with one attached hydrogen (secondary N) is 1. The smallest absolute Gasteiger partial charge is 0.206 e. The second-order valence-electron chi connectivity index (χ2n) is 4.28. The van der Waals surface area contributed by atoms with Crippen LogP contribution in [0.2, 0.25) is 0 Å². The van der Waals surface area contributed by atoms with Crippen LogP contribution in [0.15, 0.2) is 24.5 Å². The minimum Gasteiger partial charge on any atom is -0.357 e. The quantitative estimate of drug-likeness (QED) is 0.904. The molecule has 2 aromatic rings. The molecule has 3 rings (SSSR count). The SMILES string of the molecule is c1cncc(-c2nnc(NC3CCCC3)s2)c1. The number of pyridine rings is 1. The molecule has 0 saturated heterocycles. The van der Waals surface area contributed by atoms with E-state index in [1.54, 1.807) is 17.5 Å². The predicted molar refractivity (Wildman–Crippen MR) is 69.0 cm³/mol. The van der Waals surface area contributed by atoms with E-state index in [4.69, 9.17) is 0 Å². The van der Waals surface area contributed by atoms with Crippen molar-refractivity contribution in [1.29, 1.82) is 0 Å². The molecule has 1 aliphatic rings. The van der Waals surface area contributed by atoms with Crippen molar-refractivity contribution in [2.45, 2.75) is 31.7 Å². The standard InChI is InChI=1S/C12H14N4S/c1-2-6-10(5-1)14-12-16-15-11(17-12)9-4-3-7-13-8-9/h3-4,7-8,10H,1-2,5-6H2,(H,14,16). The third kappa shape index (κ3) is 2.44. The van der Waals surface area contributed by atoms with E-state index < -0.39 is 0 Å². The maximum atomic E-state index is 4.19. The zero-order chi connectivity index (χ0) is 11.5. The highest BCUT2D eigenvalue weighted by Crippen LogP contribution is 2.28. The Morgan fingerprint density at radius 1 is 1.24 bits per heavy atom. The summed E-state index contributed by atoms with van der Waals surface area (Å²) >= 11 is 1.60. The van der Waals surface area contributed by atoms with Crippen LogP contribution in [-0.4, -0.2) is 21.2 Å². The van der Waals surface area contributed by atoms with Gasteiger partial charge in [-0.3, -0.25) is 4.98 Å². The molecule has 0 unspecified atom stereocenters. The van der Waals surface area contributed by atoms with E-state index in [0.29, 0.717) is 6.04 Å². The van der Waals surface area contributed by atoms with Crippen LogP contribution in [0.5, 0.6) is 0 Å². The van der Waals surface area contributed by atoms with Crippen LogP contribution in [0, 0.1) is 0 Å². The fourth-order valence-corrected chi connectivity index (χ4v) is 2.94. The number of hydrogen-bond donors (Lipinski definition) is 1. The van der Waals surface area contributed by atoms with Crippen LogP contribution in [0.4, 0.5) is 5.13 Å². The molecular formula is C12H14N4S. The topological polar surface area (TPSA) is 50.7 Å². The molecule has 4 nitrogen and oxygen atoms in total. The molecule has 0 radical (unpaired) electrons. The first-order valence-corrected chi connectivity index (χ1v) is 6.74. The van der Waals surface area contributed by atoms with E-state index in [0.717, 1.165) is 15.7 Å². The summed E-state index contributed by atoms with van der Waals surface area (Å²) in [5.74, 6) is 0. The molecule has 17 heavy (non-hydrogen) atoms. The molecule has 0 amide bonds. The molecular weight excluding hydrogens is 232 g/mol. The summed E-state index contributed by atoms with van der Waals surface area (Å²) in [6.07, 6.45) is 8.74. The van der Waals surface area contributed by atoms with Crippen LogP contribution in [-0.2, 0) is 0 Å². The van der Waals surface area contributed by atoms with Gasteiger partial charge in [-0.25, -0.2) is 0 Å². The minimum atomic E-state index is 0.588. The summed E-state index contributed by atoms with van der Waals surface area (Å²) < 4.78 is 0. The lowest BCUT2D eigenvalue weighted by Crippen LogP contribution is -2.13. The first-order valence-electron chi connectivity index (χ1n) is 5.92. The van der Waals surface area contributed by atoms with Crippen molar-refractivity contribution < 1.29 is 0 Å². The molecule has 0 atom stereocenters. The van der Waals surface area contributed by atoms with E-state index >= 15 is 0 Å². The van der Waals surface area contributed by atoms with Gasteiger partial charge in [-0.1, -0.05) is 24.2 Å². The summed E-state index contributed by atoms with van der Waals surface area (Å²) in [5, 5.41) is 13.7. The second kappa shape index (κ2) is 4.79. The molecule has 0 aromatic carbocycles. The lowest BCUT2D eigenvalue weighted by atomic mass is 10.3. The average molecular weight is 246 g/mol. The van der Waals surface area contributed by atoms with Crippen LogP contribution in [0.25, 0.3) is 10.6 Å². The number of anilines is 1. The van der Waals surface area contributed by atoms with Crippen molar-refractivity contribution in [3.63, 3.8) is 0 Å². The van der Waals surface area contributed by atoms with Crippen LogP contribution in [0.1, 0.15) is 25.7 Å². The lowest BCUT2D eigenvalue weighted by Gasteiger charge is -2.08. The highest BCUT2D eigenvalue weighted by atomic mass is 32.1. The van der Waals surface area contributed by atoms with Gasteiger partial charge in [0, 0.05) is 24.0 Å². The normalized spacial score (nSPS) is 16.2. The van der Waals surface area contributed by atoms with Crippen LogP contribution < -0.4 is 5.32 Å².